The Morgan fingerprint density at radius 3 is 0.746 bits per heavy atom. The van der Waals surface area contributed by atoms with Gasteiger partial charge in [-0.2, -0.15) is 0 Å². The molecule has 0 saturated heterocycles. The predicted molar refractivity (Wildman–Crippen MR) is 548 cm³/mol. The topological polar surface area (TPSA) is 348 Å². The van der Waals surface area contributed by atoms with Gasteiger partial charge in [0.2, 0.25) is 0 Å². The van der Waals surface area contributed by atoms with Crippen molar-refractivity contribution in [1.82, 2.24) is 77.1 Å². The first kappa shape index (κ1) is 96.3. The standard InChI is InChI=1S/2C29H36N4O2.C28H34N4O2.C28H28N4O2/c1-19-8-6-7-11-24(19)33-28(34)21-14-12-20(13-15-21)27-31-25-17-16-22(18-26(25)32-27)29(35)30-23-9-4-2-3-5-10-23;1-19-8-15-24(16-9-19)31-28(34)21-12-10-20(11-13-21)27-32-25-17-14-22(18-26(25)33-27)29(35)30-23-6-4-2-3-5-7-23;2*33-27(29-22-10-6-3-7-11-22)20-14-12-19(13-15-20)26-31-24-17-16-21(18-25(24)32-26)28(34)30-23-8-4-1-2-5-9-23/h12-19,23-24H,2-11H2,1H3,(H,30,35)(H,31,32)(H,33,34);10-14,17-19,23-24H,2-9,15-16H2,1H3,(H,30,35)(H,31,34)(H,32,33);12-18,22-23H,1-11H2,(H,29,33)(H,30,34)(H,31,32);3,6-7,10-18,23H,1-2,4-5,8-9H2,(H,29,33)(H,30,34)(H,31,32). The maximum absolute atomic E-state index is 12.8. The van der Waals surface area contributed by atoms with Gasteiger partial charge in [-0.1, -0.05) is 215 Å². The van der Waals surface area contributed by atoms with Crippen molar-refractivity contribution in [1.29, 1.82) is 0 Å². The van der Waals surface area contributed by atoms with Crippen LogP contribution in [0.1, 0.15) is 334 Å². The fourth-order valence-electron chi connectivity index (χ4n) is 20.7. The number of anilines is 1. The number of fused-ring (bicyclic) bond motifs is 4. The summed E-state index contributed by atoms with van der Waals surface area (Å²) >= 11 is 0. The third-order valence-corrected chi connectivity index (χ3v) is 29.2. The maximum atomic E-state index is 12.8. The number of amides is 8. The van der Waals surface area contributed by atoms with Crippen molar-refractivity contribution < 1.29 is 38.4 Å². The summed E-state index contributed by atoms with van der Waals surface area (Å²) in [6.45, 7) is 4.50. The van der Waals surface area contributed by atoms with Gasteiger partial charge >= 0.3 is 0 Å². The molecule has 2 atom stereocenters. The SMILES string of the molecule is CC1CCC(NC(=O)c2ccc(-c3nc4ccc(C(=O)NC5CCCCCC5)cc4[nH]3)cc2)CC1.CC1CCCCC1NC(=O)c1ccc(-c2nc3ccc(C(=O)NC4CCCCCC4)cc3[nH]2)cc1.O=C(NC1CCCCCC1)c1ccc2nc(-c3ccc(C(=O)NC4CCCCC4)cc3)[nH]c2c1.O=C(Nc1ccccc1)c1ccc(-c2nc3ccc(C(=O)NC4CCCCCC4)cc3[nH]2)cc1. The monoisotopic (exact) mass is 1860 g/mol. The van der Waals surface area contributed by atoms with Crippen LogP contribution in [0, 0.1) is 11.8 Å². The number of nitrogens with zero attached hydrogens (tertiary/aromatic N) is 4. The van der Waals surface area contributed by atoms with E-state index >= 15 is 0 Å². The Balaban J connectivity index is 0.000000127. The van der Waals surface area contributed by atoms with Crippen molar-refractivity contribution >= 4 is 97.1 Å². The molecule has 2 unspecified atom stereocenters. The van der Waals surface area contributed by atoms with Crippen LogP contribution in [0.25, 0.3) is 89.7 Å². The van der Waals surface area contributed by atoms with Gasteiger partial charge in [0.25, 0.3) is 47.3 Å². The molecule has 24 nitrogen and oxygen atoms in total. The van der Waals surface area contributed by atoms with Crippen molar-refractivity contribution in [3.63, 3.8) is 0 Å². The molecular weight excluding hydrogens is 1720 g/mol. The molecule has 0 spiro atoms. The first-order chi connectivity index (χ1) is 67.4. The zero-order valence-electron chi connectivity index (χ0n) is 80.0. The molecule has 4 heterocycles. The summed E-state index contributed by atoms with van der Waals surface area (Å²) in [5.41, 5.74) is 16.1. The molecule has 0 bridgehead atoms. The molecule has 7 fully saturated rings. The largest absolute Gasteiger partial charge is 0.349 e. The lowest BCUT2D eigenvalue weighted by molar-refractivity contribution is 0.0904. The van der Waals surface area contributed by atoms with Crippen molar-refractivity contribution in [3.8, 4) is 45.6 Å². The summed E-state index contributed by atoms with van der Waals surface area (Å²) in [6.07, 6.45) is 43.1. The van der Waals surface area contributed by atoms with Crippen molar-refractivity contribution in [2.24, 2.45) is 11.8 Å². The molecule has 24 heteroatoms. The van der Waals surface area contributed by atoms with Crippen LogP contribution in [0.3, 0.4) is 0 Å². The highest BCUT2D eigenvalue weighted by Gasteiger charge is 2.28. The molecule has 7 aliphatic carbocycles. The van der Waals surface area contributed by atoms with Gasteiger partial charge in [0.15, 0.2) is 0 Å². The van der Waals surface area contributed by atoms with Gasteiger partial charge < -0.3 is 62.5 Å². The number of hydrogen-bond acceptors (Lipinski definition) is 12. The quantitative estimate of drug-likeness (QED) is 0.0317. The first-order valence-corrected chi connectivity index (χ1v) is 51.4. The average molecular weight is 1860 g/mol. The molecule has 4 aromatic heterocycles. The van der Waals surface area contributed by atoms with Gasteiger partial charge in [-0.05, 0) is 248 Å². The normalized spacial score (nSPS) is 18.8. The van der Waals surface area contributed by atoms with Crippen LogP contribution in [-0.2, 0) is 0 Å². The number of aromatic amines is 4. The van der Waals surface area contributed by atoms with Crippen molar-refractivity contribution in [2.75, 3.05) is 5.32 Å². The smallest absolute Gasteiger partial charge is 0.255 e. The number of hydrogen-bond donors (Lipinski definition) is 12. The van der Waals surface area contributed by atoms with Crippen molar-refractivity contribution in [3.05, 3.63) is 245 Å². The molecule has 0 radical (unpaired) electrons. The molecule has 12 N–H and O–H groups in total. The first-order valence-electron chi connectivity index (χ1n) is 51.4. The lowest BCUT2D eigenvalue weighted by Crippen LogP contribution is -2.41. The number of H-pyrrole nitrogens is 4. The van der Waals surface area contributed by atoms with Gasteiger partial charge in [-0.3, -0.25) is 38.4 Å². The summed E-state index contributed by atoms with van der Waals surface area (Å²) in [4.78, 5) is 134. The molecule has 7 aliphatic rings. The van der Waals surface area contributed by atoms with Crippen LogP contribution < -0.4 is 42.5 Å². The Hall–Kier alpha value is -13.4. The van der Waals surface area contributed by atoms with Crippen LogP contribution in [0.2, 0.25) is 0 Å². The summed E-state index contributed by atoms with van der Waals surface area (Å²) < 4.78 is 0. The van der Waals surface area contributed by atoms with Crippen LogP contribution >= 0.6 is 0 Å². The zero-order chi connectivity index (χ0) is 95.1. The van der Waals surface area contributed by atoms with Crippen LogP contribution in [0.15, 0.2) is 200 Å². The number of aromatic nitrogens is 8. The van der Waals surface area contributed by atoms with E-state index in [1.807, 2.05) is 188 Å². The Morgan fingerprint density at radius 1 is 0.232 bits per heavy atom. The Kier molecular flexibility index (Phi) is 32.9. The van der Waals surface area contributed by atoms with E-state index in [9.17, 15) is 38.4 Å². The lowest BCUT2D eigenvalue weighted by Gasteiger charge is -2.29. The number of rotatable bonds is 20. The number of benzene rings is 9. The van der Waals surface area contributed by atoms with E-state index in [2.05, 4.69) is 81.3 Å². The Labute approximate surface area is 808 Å². The third kappa shape index (κ3) is 26.1. The minimum Gasteiger partial charge on any atom is -0.349 e. The summed E-state index contributed by atoms with van der Waals surface area (Å²) in [5.74, 6) is 3.92. The Bertz CT molecular complexity index is 6290. The van der Waals surface area contributed by atoms with E-state index in [-0.39, 0.29) is 83.5 Å². The number of nitrogens with one attached hydrogen (secondary N) is 12. The van der Waals surface area contributed by atoms with E-state index in [0.717, 1.165) is 179 Å². The maximum Gasteiger partial charge on any atom is 0.255 e. The second-order valence-corrected chi connectivity index (χ2v) is 39.6. The summed E-state index contributed by atoms with van der Waals surface area (Å²) in [5, 5.41) is 25.3. The fourth-order valence-corrected chi connectivity index (χ4v) is 20.7. The summed E-state index contributed by atoms with van der Waals surface area (Å²) in [7, 11) is 0. The average Bonchev–Trinajstić information content (AvgIpc) is 1.67. The molecule has 0 aliphatic heterocycles. The molecule has 13 aromatic rings. The summed E-state index contributed by atoms with van der Waals surface area (Å²) in [6, 6.07) is 63.7. The van der Waals surface area contributed by atoms with Crippen LogP contribution in [0.4, 0.5) is 5.69 Å². The molecule has 718 valence electrons. The highest BCUT2D eigenvalue weighted by Crippen LogP contribution is 2.33. The molecular formula is C114H134N16O8. The zero-order valence-corrected chi connectivity index (χ0v) is 80.0. The number of imidazole rings is 4. The fraction of sp³-hybridized carbons (Fsp3) is 0.421. The van der Waals surface area contributed by atoms with Gasteiger partial charge in [0, 0.05) is 115 Å². The predicted octanol–water partition coefficient (Wildman–Crippen LogP) is 23.7. The van der Waals surface area contributed by atoms with Gasteiger partial charge in [0.1, 0.15) is 23.3 Å². The molecule has 9 aromatic carbocycles. The van der Waals surface area contributed by atoms with E-state index in [1.54, 1.807) is 12.1 Å². The van der Waals surface area contributed by atoms with Crippen LogP contribution in [-0.4, -0.2) is 129 Å². The van der Waals surface area contributed by atoms with Gasteiger partial charge in [0.05, 0.1) is 44.1 Å². The minimum absolute atomic E-state index is 0.00706. The highest BCUT2D eigenvalue weighted by atomic mass is 16.2. The Morgan fingerprint density at radius 2 is 0.464 bits per heavy atom. The van der Waals surface area contributed by atoms with E-state index < -0.39 is 0 Å². The highest BCUT2D eigenvalue weighted by molar-refractivity contribution is 6.05. The van der Waals surface area contributed by atoms with E-state index in [4.69, 9.17) is 15.0 Å². The second kappa shape index (κ2) is 47.1. The number of carbonyl (C=O) groups excluding carboxylic acids is 8. The minimum atomic E-state index is -0.160. The second-order valence-electron chi connectivity index (χ2n) is 39.6. The van der Waals surface area contributed by atoms with E-state index in [0.29, 0.717) is 62.3 Å². The third-order valence-electron chi connectivity index (χ3n) is 29.2. The lowest BCUT2D eigenvalue weighted by atomic mass is 9.86. The molecule has 20 rings (SSSR count). The van der Waals surface area contributed by atoms with Gasteiger partial charge in [-0.25, -0.2) is 19.9 Å². The van der Waals surface area contributed by atoms with E-state index in [1.165, 1.54) is 154 Å². The molecule has 7 saturated carbocycles. The van der Waals surface area contributed by atoms with Crippen LogP contribution in [0.5, 0.6) is 0 Å². The number of para-hydroxylation sites is 1. The van der Waals surface area contributed by atoms with Gasteiger partial charge in [-0.15, -0.1) is 0 Å². The number of carbonyl (C=O) groups is 8. The van der Waals surface area contributed by atoms with Crippen molar-refractivity contribution in [2.45, 2.75) is 294 Å². The molecule has 138 heavy (non-hydrogen) atoms. The molecule has 8 amide bonds.